The van der Waals surface area contributed by atoms with Gasteiger partial charge in [0.15, 0.2) is 7.51 Å². The molecule has 0 rings (SSSR count). The van der Waals surface area contributed by atoms with Crippen molar-refractivity contribution in [1.29, 1.82) is 5.16 Å². The molecule has 0 saturated carbocycles. The molecule has 0 fully saturated rings. The molecule has 0 heterocycles. The van der Waals surface area contributed by atoms with E-state index in [-0.39, 0.29) is 24.8 Å². The summed E-state index contributed by atoms with van der Waals surface area (Å²) in [6.07, 6.45) is 2.07. The molecule has 0 amide bonds. The Balaban J connectivity index is -0.000000369. The van der Waals surface area contributed by atoms with E-state index in [0.717, 1.165) is 25.9 Å². The van der Waals surface area contributed by atoms with Crippen LogP contribution in [0.5, 0.6) is 0 Å². The van der Waals surface area contributed by atoms with Crippen LogP contribution in [0.3, 0.4) is 0 Å². The third kappa shape index (κ3) is 28.1. The van der Waals surface area contributed by atoms with Gasteiger partial charge in [0.1, 0.15) is 14.7 Å². The molecule has 0 radical (unpaired) electrons. The number of hydrogen-bond donors (Lipinski definition) is 3. The Morgan fingerprint density at radius 1 is 0.284 bits per heavy atom. The van der Waals surface area contributed by atoms with Crippen molar-refractivity contribution in [2.75, 3.05) is 351 Å². The van der Waals surface area contributed by atoms with E-state index in [4.69, 9.17) is 58.3 Å². The van der Waals surface area contributed by atoms with E-state index in [9.17, 15) is 0 Å². The number of nitrogens with two attached hydrogens (primary N) is 1. The molecule has 0 aromatic carbocycles. The third-order valence-corrected chi connectivity index (χ3v) is 61.9. The van der Waals surface area contributed by atoms with Crippen LogP contribution in [-0.2, 0) is 0 Å². The molecule has 0 bridgehead atoms. The summed E-state index contributed by atoms with van der Waals surface area (Å²) in [5.74, 6) is 0. The van der Waals surface area contributed by atoms with E-state index in [0.29, 0.717) is 0 Å². The molecular weight excluding hydrogens is 1570 g/mol. The van der Waals surface area contributed by atoms with E-state index < -0.39 is 82.2 Å². The zero-order valence-electron chi connectivity index (χ0n) is 74.3. The predicted molar refractivity (Wildman–Crippen MR) is 468 cm³/mol. The van der Waals surface area contributed by atoms with Crippen LogP contribution in [-0.4, -0.2) is 458 Å². The average Bonchev–Trinajstić information content (AvgIpc) is 0.736. The molecule has 102 heavy (non-hydrogen) atoms. The summed E-state index contributed by atoms with van der Waals surface area (Å²) in [6.45, 7) is 7.52. The highest BCUT2D eigenvalue weighted by molar-refractivity contribution is 7.95. The van der Waals surface area contributed by atoms with Crippen LogP contribution in [0.1, 0.15) is 26.7 Å². The molecule has 0 aromatic rings. The molecule has 0 aromatic heterocycles. The summed E-state index contributed by atoms with van der Waals surface area (Å²) in [6, 6.07) is 0. The fraction of sp³-hybridized carbons (Fsp3) is 1.00. The summed E-state index contributed by atoms with van der Waals surface area (Å²) in [4.78, 5) is 0. The highest BCUT2D eigenvalue weighted by Gasteiger charge is 2.57. The van der Waals surface area contributed by atoms with E-state index in [2.05, 4.69) is 370 Å². The molecule has 34 nitrogen and oxygen atoms in total. The summed E-state index contributed by atoms with van der Waals surface area (Å²) in [5.41, 5.74) is 5.03. The number of halogens is 3. The summed E-state index contributed by atoms with van der Waals surface area (Å²) >= 11 is 7.59. The average molecular weight is 1740 g/mol. The standard InChI is InChI=1S/C24H71N15P5.C21H63ClN14P5.C6H19N4P.C3H9N.2ClH/c1-23-24-25-42(32(6)7,33(8)9)27-41(26-40(22,30(2)3)31(4)5,28-43(34(10)11,35(12)13)36(14)15)29-44(37(16)17,38(18)19)39(20)21;1-27(2)37(21,28(3)4)23-39(24-38(22,29(5)6)30(7)8,25-40(31(9)10,32(11)12)33(13)14)26-41(34(15)16,35(17)18)36(19)20;1-8(2)11(7,9(3)4)10(5)6;1-2-3-4;;/h25H,23-24H2,1-22H3;1-21H3;7H,1-6H3;2-4H2,1H3;2*1H/q2*+1;;;;/p-2. The minimum atomic E-state index is -3.37. The maximum atomic E-state index is 8.17. The van der Waals surface area contributed by atoms with E-state index in [1.165, 1.54) is 0 Å². The lowest BCUT2D eigenvalue weighted by Crippen LogP contribution is -3.00. The van der Waals surface area contributed by atoms with Crippen LogP contribution in [0.2, 0.25) is 0 Å². The molecule has 0 aliphatic heterocycles. The molecule has 0 atom stereocenters. The smallest absolute Gasteiger partial charge is 0.501 e. The highest BCUT2D eigenvalue weighted by Crippen LogP contribution is 2.88. The summed E-state index contributed by atoms with van der Waals surface area (Å²) in [7, 11) is 69.0. The van der Waals surface area contributed by atoms with Gasteiger partial charge in [-0.25, -0.2) is 74.7 Å². The van der Waals surface area contributed by atoms with Gasteiger partial charge in [-0.2, -0.15) is 0 Å². The van der Waals surface area contributed by atoms with E-state index in [1.54, 1.807) is 0 Å². The zero-order chi connectivity index (χ0) is 81.0. The Labute approximate surface area is 651 Å². The van der Waals surface area contributed by atoms with Crippen molar-refractivity contribution in [1.82, 2.24) is 113 Å². The second-order valence-corrected chi connectivity index (χ2v) is 67.5. The van der Waals surface area contributed by atoms with Gasteiger partial charge in [0.25, 0.3) is 0 Å². The van der Waals surface area contributed by atoms with Crippen molar-refractivity contribution >= 4 is 93.4 Å². The molecule has 0 aliphatic carbocycles. The molecule has 0 unspecified atom stereocenters. The molecule has 4 N–H and O–H groups in total. The number of rotatable bonds is 35. The number of nitrogens with one attached hydrogen (secondary N) is 2. The minimum Gasteiger partial charge on any atom is -1.00 e. The SMILES string of the molecule is CCCN.CCCNP(=N[P+](N=P(C)(N(C)C)N(C)C)(N=P(N(C)C)(N(C)C)N(C)C)N=P(N(C)C)(N(C)C)N(C)C)(N(C)C)N(C)C.CN(C)P(=N)(N(C)C)N(C)C.CN(C)P(C)(=N[P+](N=P(Cl)(N(C)C)N(C)C)(N=P(N(C)C)(N(C)C)N(C)C)N=P(N(C)C)(N(C)C)N(C)C)N(C)C.[Cl-].[Cl-]. The van der Waals surface area contributed by atoms with Crippen LogP contribution >= 0.6 is 93.4 Å². The molecule has 0 spiro atoms. The van der Waals surface area contributed by atoms with E-state index in [1.807, 2.05) is 93.8 Å². The Morgan fingerprint density at radius 2 is 0.471 bits per heavy atom. The monoisotopic (exact) mass is 1730 g/mol. The lowest BCUT2D eigenvalue weighted by Gasteiger charge is -2.42. The lowest BCUT2D eigenvalue weighted by molar-refractivity contribution is -0.001000. The summed E-state index contributed by atoms with van der Waals surface area (Å²) in [5, 5.41) is 12.1. The van der Waals surface area contributed by atoms with Crippen molar-refractivity contribution in [3.63, 3.8) is 0 Å². The van der Waals surface area contributed by atoms with Gasteiger partial charge in [-0.05, 0) is 391 Å². The van der Waals surface area contributed by atoms with Crippen LogP contribution < -0.4 is 35.6 Å². The topological polar surface area (TPSA) is 235 Å². The molecule has 48 heteroatoms. The molecule has 624 valence electrons. The van der Waals surface area contributed by atoms with Crippen molar-refractivity contribution in [2.24, 2.45) is 41.9 Å². The van der Waals surface area contributed by atoms with Gasteiger partial charge < -0.3 is 30.5 Å². The van der Waals surface area contributed by atoms with Gasteiger partial charge in [0.05, 0.1) is 0 Å². The van der Waals surface area contributed by atoms with Crippen LogP contribution in [0.15, 0.2) is 36.1 Å². The Bertz CT molecular complexity index is 2630. The Morgan fingerprint density at radius 3 is 0.588 bits per heavy atom. The zero-order valence-corrected chi connectivity index (χ0v) is 86.4. The fourth-order valence-corrected chi connectivity index (χ4v) is 56.1. The molecule has 0 saturated heterocycles. The van der Waals surface area contributed by atoms with Gasteiger partial charge in [0.2, 0.25) is 44.2 Å². The number of nitrogens with zero attached hydrogens (tertiary/aromatic N) is 31. The first-order valence-corrected chi connectivity index (χ1v) is 52.7. The van der Waals surface area contributed by atoms with Gasteiger partial charge >= 0.3 is 15.7 Å². The lowest BCUT2D eigenvalue weighted by atomic mass is 10.5. The second kappa shape index (κ2) is 48.2. The van der Waals surface area contributed by atoms with Gasteiger partial charge in [-0.3, -0.25) is 42.9 Å². The first-order chi connectivity index (χ1) is 44.8. The molecular formula is C54H162Cl3N34P11. The Hall–Kier alpha value is 2.80. The normalized spacial score (nSPS) is 14.0. The summed E-state index contributed by atoms with van der Waals surface area (Å²) < 4.78 is 97.2. The van der Waals surface area contributed by atoms with Gasteiger partial charge in [-0.15, -0.1) is 0 Å². The second-order valence-electron chi connectivity index (χ2n) is 28.5. The van der Waals surface area contributed by atoms with Crippen LogP contribution in [0, 0.1) is 5.16 Å². The largest absolute Gasteiger partial charge is 1.00 e. The maximum absolute atomic E-state index is 8.17. The third-order valence-electron chi connectivity index (χ3n) is 16.2. The van der Waals surface area contributed by atoms with E-state index >= 15 is 0 Å². The van der Waals surface area contributed by atoms with Crippen molar-refractivity contribution in [2.45, 2.75) is 26.7 Å². The first-order valence-electron chi connectivity index (χ1n) is 33.1. The highest BCUT2D eigenvalue weighted by atomic mass is 35.7. The van der Waals surface area contributed by atoms with Crippen LogP contribution in [0.25, 0.3) is 0 Å². The van der Waals surface area contributed by atoms with Crippen LogP contribution in [0.4, 0.5) is 0 Å². The first kappa shape index (κ1) is 116. The quantitative estimate of drug-likeness (QED) is 0.0526. The van der Waals surface area contributed by atoms with Crippen molar-refractivity contribution < 1.29 is 24.8 Å². The fourth-order valence-electron chi connectivity index (χ4n) is 10.6. The maximum Gasteiger partial charge on any atom is 0.501 e. The Kier molecular flexibility index (Phi) is 54.7. The van der Waals surface area contributed by atoms with Gasteiger partial charge in [-0.1, -0.05) is 13.8 Å². The van der Waals surface area contributed by atoms with Crippen molar-refractivity contribution in [3.05, 3.63) is 0 Å². The number of hydrogen-bond acceptors (Lipinski definition) is 10. The van der Waals surface area contributed by atoms with Gasteiger partial charge in [0, 0.05) is 19.9 Å². The predicted octanol–water partition coefficient (Wildman–Crippen LogP) is 7.36. The molecule has 0 aliphatic rings. The van der Waals surface area contributed by atoms with Crippen molar-refractivity contribution in [3.8, 4) is 0 Å². The minimum absolute atomic E-state index is 0.